The van der Waals surface area contributed by atoms with Gasteiger partial charge in [-0.25, -0.2) is 4.98 Å². The van der Waals surface area contributed by atoms with Gasteiger partial charge in [-0.1, -0.05) is 0 Å². The summed E-state index contributed by atoms with van der Waals surface area (Å²) in [6.07, 6.45) is 5.40. The minimum absolute atomic E-state index is 0.260. The molecule has 0 unspecified atom stereocenters. The molecule has 1 aliphatic rings. The summed E-state index contributed by atoms with van der Waals surface area (Å²) in [6.45, 7) is 5.74. The number of carbonyl (C=O) groups is 1. The van der Waals surface area contributed by atoms with Crippen molar-refractivity contribution in [2.24, 2.45) is 7.05 Å². The summed E-state index contributed by atoms with van der Waals surface area (Å²) in [5.41, 5.74) is 2.78. The third-order valence-electron chi connectivity index (χ3n) is 3.97. The Balaban J connectivity index is 1.87. The third-order valence-corrected chi connectivity index (χ3v) is 3.97. The molecule has 0 aromatic carbocycles. The van der Waals surface area contributed by atoms with Gasteiger partial charge in [-0.2, -0.15) is 5.10 Å². The fourth-order valence-electron chi connectivity index (χ4n) is 2.57. The van der Waals surface area contributed by atoms with E-state index in [4.69, 9.17) is 0 Å². The van der Waals surface area contributed by atoms with Crippen LogP contribution in [-0.4, -0.2) is 38.7 Å². The zero-order valence-electron chi connectivity index (χ0n) is 13.1. The van der Waals surface area contributed by atoms with Gasteiger partial charge in [-0.05, 0) is 26.7 Å². The van der Waals surface area contributed by atoms with Gasteiger partial charge in [0.15, 0.2) is 5.82 Å². The molecule has 3 heterocycles. The van der Waals surface area contributed by atoms with Crippen molar-refractivity contribution < 1.29 is 4.79 Å². The normalized spacial score (nSPS) is 14.4. The first kappa shape index (κ1) is 14.5. The molecule has 3 rings (SSSR count). The number of nitrogens with one attached hydrogen (secondary N) is 1. The second-order valence-corrected chi connectivity index (χ2v) is 5.60. The van der Waals surface area contributed by atoms with Crippen LogP contribution < -0.4 is 10.2 Å². The Morgan fingerprint density at radius 2 is 1.91 bits per heavy atom. The number of aromatic nitrogens is 4. The van der Waals surface area contributed by atoms with Crippen molar-refractivity contribution >= 4 is 17.4 Å². The molecule has 0 atom stereocenters. The quantitative estimate of drug-likeness (QED) is 0.933. The highest BCUT2D eigenvalue weighted by molar-refractivity contribution is 6.04. The van der Waals surface area contributed by atoms with E-state index in [2.05, 4.69) is 25.3 Å². The smallest absolute Gasteiger partial charge is 0.276 e. The molecular formula is C15H20N6O. The van der Waals surface area contributed by atoms with E-state index in [9.17, 15) is 4.79 Å². The van der Waals surface area contributed by atoms with Gasteiger partial charge < -0.3 is 10.2 Å². The predicted molar refractivity (Wildman–Crippen MR) is 84.1 cm³/mol. The van der Waals surface area contributed by atoms with Crippen LogP contribution in [0.25, 0.3) is 0 Å². The first-order valence-electron chi connectivity index (χ1n) is 7.45. The van der Waals surface area contributed by atoms with Gasteiger partial charge in [0.2, 0.25) is 0 Å². The number of hydrogen-bond donors (Lipinski definition) is 1. The fourth-order valence-corrected chi connectivity index (χ4v) is 2.57. The molecule has 0 radical (unpaired) electrons. The predicted octanol–water partition coefficient (Wildman–Crippen LogP) is 1.68. The Bertz CT molecular complexity index is 685. The second-order valence-electron chi connectivity index (χ2n) is 5.60. The summed E-state index contributed by atoms with van der Waals surface area (Å²) in [7, 11) is 1.89. The number of anilines is 2. The van der Waals surface area contributed by atoms with Crippen LogP contribution in [0.2, 0.25) is 0 Å². The third kappa shape index (κ3) is 2.66. The molecule has 0 aliphatic carbocycles. The number of rotatable bonds is 3. The molecule has 2 aromatic heterocycles. The SMILES string of the molecule is Cc1cnc(C(=O)Nc2c(N3CCCC3)nn(C)c2C)cn1. The molecule has 7 nitrogen and oxygen atoms in total. The zero-order valence-corrected chi connectivity index (χ0v) is 13.1. The van der Waals surface area contributed by atoms with Crippen LogP contribution in [0.15, 0.2) is 12.4 Å². The largest absolute Gasteiger partial charge is 0.353 e. The molecule has 0 spiro atoms. The topological polar surface area (TPSA) is 75.9 Å². The van der Waals surface area contributed by atoms with E-state index in [1.807, 2.05) is 20.9 Å². The molecule has 1 N–H and O–H groups in total. The number of hydrogen-bond acceptors (Lipinski definition) is 5. The van der Waals surface area contributed by atoms with Crippen LogP contribution in [0, 0.1) is 13.8 Å². The Kier molecular flexibility index (Phi) is 3.79. The van der Waals surface area contributed by atoms with Crippen molar-refractivity contribution in [1.82, 2.24) is 19.7 Å². The van der Waals surface area contributed by atoms with Gasteiger partial charge in [0.25, 0.3) is 5.91 Å². The van der Waals surface area contributed by atoms with Crippen LogP contribution in [0.4, 0.5) is 11.5 Å². The minimum atomic E-state index is -0.260. The van der Waals surface area contributed by atoms with E-state index in [-0.39, 0.29) is 5.91 Å². The molecular weight excluding hydrogens is 280 g/mol. The van der Waals surface area contributed by atoms with Crippen molar-refractivity contribution in [2.75, 3.05) is 23.3 Å². The summed E-state index contributed by atoms with van der Waals surface area (Å²) < 4.78 is 1.80. The first-order valence-corrected chi connectivity index (χ1v) is 7.45. The van der Waals surface area contributed by atoms with Crippen LogP contribution in [0.3, 0.4) is 0 Å². The van der Waals surface area contributed by atoms with Gasteiger partial charge >= 0.3 is 0 Å². The summed E-state index contributed by atoms with van der Waals surface area (Å²) in [6, 6.07) is 0. The number of nitrogens with zero attached hydrogens (tertiary/aromatic N) is 5. The standard InChI is InChI=1S/C15H20N6O/c1-10-8-17-12(9-16-10)15(22)18-13-11(2)20(3)19-14(13)21-6-4-5-7-21/h8-9H,4-7H2,1-3H3,(H,18,22). The van der Waals surface area contributed by atoms with Gasteiger partial charge in [-0.15, -0.1) is 0 Å². The highest BCUT2D eigenvalue weighted by atomic mass is 16.1. The van der Waals surface area contributed by atoms with Crippen LogP contribution in [0.1, 0.15) is 34.7 Å². The maximum Gasteiger partial charge on any atom is 0.276 e. The number of carbonyl (C=O) groups excluding carboxylic acids is 1. The molecule has 0 saturated carbocycles. The van der Waals surface area contributed by atoms with E-state index >= 15 is 0 Å². The van der Waals surface area contributed by atoms with E-state index < -0.39 is 0 Å². The molecule has 22 heavy (non-hydrogen) atoms. The highest BCUT2D eigenvalue weighted by Crippen LogP contribution is 2.30. The van der Waals surface area contributed by atoms with Gasteiger partial charge in [0.05, 0.1) is 17.6 Å². The van der Waals surface area contributed by atoms with Crippen molar-refractivity contribution in [1.29, 1.82) is 0 Å². The molecule has 2 aromatic rings. The Hall–Kier alpha value is -2.44. The van der Waals surface area contributed by atoms with Gasteiger partial charge in [0.1, 0.15) is 11.4 Å². The summed E-state index contributed by atoms with van der Waals surface area (Å²) in [5, 5.41) is 7.49. The Labute approximate surface area is 129 Å². The maximum atomic E-state index is 12.4. The number of aryl methyl sites for hydroxylation is 2. The van der Waals surface area contributed by atoms with Crippen molar-refractivity contribution in [2.45, 2.75) is 26.7 Å². The molecule has 0 bridgehead atoms. The fraction of sp³-hybridized carbons (Fsp3) is 0.467. The van der Waals surface area contributed by atoms with E-state index in [1.165, 1.54) is 6.20 Å². The lowest BCUT2D eigenvalue weighted by molar-refractivity contribution is 0.102. The second kappa shape index (κ2) is 5.75. The molecule has 1 aliphatic heterocycles. The Morgan fingerprint density at radius 3 is 2.55 bits per heavy atom. The molecule has 1 saturated heterocycles. The van der Waals surface area contributed by atoms with Crippen molar-refractivity contribution in [3.8, 4) is 0 Å². The monoisotopic (exact) mass is 300 g/mol. The summed E-state index contributed by atoms with van der Waals surface area (Å²) in [5.74, 6) is 0.579. The number of amides is 1. The van der Waals surface area contributed by atoms with Crippen LogP contribution in [0.5, 0.6) is 0 Å². The average molecular weight is 300 g/mol. The van der Waals surface area contributed by atoms with E-state index in [0.717, 1.165) is 48.8 Å². The van der Waals surface area contributed by atoms with Gasteiger partial charge in [0, 0.05) is 26.3 Å². The van der Waals surface area contributed by atoms with Crippen LogP contribution in [-0.2, 0) is 7.05 Å². The molecule has 1 amide bonds. The average Bonchev–Trinajstić information content (AvgIpc) is 3.12. The maximum absolute atomic E-state index is 12.4. The lowest BCUT2D eigenvalue weighted by Crippen LogP contribution is -2.21. The van der Waals surface area contributed by atoms with Gasteiger partial charge in [-0.3, -0.25) is 14.5 Å². The highest BCUT2D eigenvalue weighted by Gasteiger charge is 2.23. The van der Waals surface area contributed by atoms with Crippen molar-refractivity contribution in [3.63, 3.8) is 0 Å². The lowest BCUT2D eigenvalue weighted by Gasteiger charge is -2.16. The lowest BCUT2D eigenvalue weighted by atomic mass is 10.3. The summed E-state index contributed by atoms with van der Waals surface area (Å²) in [4.78, 5) is 22.8. The van der Waals surface area contributed by atoms with E-state index in [1.54, 1.807) is 10.9 Å². The first-order chi connectivity index (χ1) is 10.6. The summed E-state index contributed by atoms with van der Waals surface area (Å²) >= 11 is 0. The van der Waals surface area contributed by atoms with Crippen molar-refractivity contribution in [3.05, 3.63) is 29.5 Å². The molecule has 7 heteroatoms. The minimum Gasteiger partial charge on any atom is -0.353 e. The molecule has 116 valence electrons. The van der Waals surface area contributed by atoms with Crippen LogP contribution >= 0.6 is 0 Å². The van der Waals surface area contributed by atoms with E-state index in [0.29, 0.717) is 5.69 Å². The molecule has 1 fully saturated rings. The Morgan fingerprint density at radius 1 is 1.18 bits per heavy atom. The zero-order chi connectivity index (χ0) is 15.7.